The molecule has 0 bridgehead atoms. The summed E-state index contributed by atoms with van der Waals surface area (Å²) in [6, 6.07) is 7.98. The summed E-state index contributed by atoms with van der Waals surface area (Å²) in [5, 5.41) is 11.0. The number of benzene rings is 1. The molecule has 118 valence electrons. The Labute approximate surface area is 130 Å². The Morgan fingerprint density at radius 1 is 1.32 bits per heavy atom. The van der Waals surface area contributed by atoms with Gasteiger partial charge in [-0.1, -0.05) is 36.8 Å². The van der Waals surface area contributed by atoms with Gasteiger partial charge in [0.15, 0.2) is 5.69 Å². The summed E-state index contributed by atoms with van der Waals surface area (Å²) < 4.78 is 6.67. The molecule has 1 aromatic heterocycles. The van der Waals surface area contributed by atoms with Gasteiger partial charge >= 0.3 is 0 Å². The first-order valence-electron chi connectivity index (χ1n) is 7.34. The fraction of sp³-hybridized carbons (Fsp3) is 0.438. The van der Waals surface area contributed by atoms with E-state index in [1.165, 1.54) is 5.56 Å². The highest BCUT2D eigenvalue weighted by Gasteiger charge is 2.22. The van der Waals surface area contributed by atoms with Crippen molar-refractivity contribution in [1.82, 2.24) is 20.3 Å². The van der Waals surface area contributed by atoms with Crippen LogP contribution in [-0.4, -0.2) is 41.2 Å². The number of aryl methyl sites for hydroxylation is 1. The lowest BCUT2D eigenvalue weighted by Crippen LogP contribution is -2.28. The second-order valence-corrected chi connectivity index (χ2v) is 5.47. The van der Waals surface area contributed by atoms with Crippen molar-refractivity contribution in [3.63, 3.8) is 0 Å². The second-order valence-electron chi connectivity index (χ2n) is 5.47. The number of carbonyl (C=O) groups excluding carboxylic acids is 1. The van der Waals surface area contributed by atoms with Gasteiger partial charge in [-0.2, -0.15) is 0 Å². The Morgan fingerprint density at radius 2 is 2.00 bits per heavy atom. The van der Waals surface area contributed by atoms with Crippen LogP contribution < -0.4 is 5.32 Å². The molecule has 0 unspecified atom stereocenters. The topological polar surface area (TPSA) is 69.0 Å². The van der Waals surface area contributed by atoms with Crippen LogP contribution in [0.25, 0.3) is 5.69 Å². The third-order valence-corrected chi connectivity index (χ3v) is 3.34. The van der Waals surface area contributed by atoms with Crippen molar-refractivity contribution < 1.29 is 9.53 Å². The largest absolute Gasteiger partial charge is 0.383 e. The number of methoxy groups -OCH3 is 1. The number of carbonyl (C=O) groups is 1. The van der Waals surface area contributed by atoms with Crippen LogP contribution in [0.3, 0.4) is 0 Å². The van der Waals surface area contributed by atoms with E-state index in [1.54, 1.807) is 11.8 Å². The molecule has 0 fully saturated rings. The van der Waals surface area contributed by atoms with Gasteiger partial charge in [0.25, 0.3) is 5.91 Å². The van der Waals surface area contributed by atoms with Gasteiger partial charge < -0.3 is 10.1 Å². The Bertz CT molecular complexity index is 632. The zero-order valence-corrected chi connectivity index (χ0v) is 13.5. The molecule has 0 aliphatic carbocycles. The number of amides is 1. The van der Waals surface area contributed by atoms with Crippen molar-refractivity contribution in [1.29, 1.82) is 0 Å². The van der Waals surface area contributed by atoms with Crippen molar-refractivity contribution in [2.75, 3.05) is 20.3 Å². The Balaban J connectivity index is 2.33. The van der Waals surface area contributed by atoms with E-state index in [-0.39, 0.29) is 11.8 Å². The van der Waals surface area contributed by atoms with E-state index in [9.17, 15) is 4.79 Å². The van der Waals surface area contributed by atoms with E-state index in [4.69, 9.17) is 4.74 Å². The zero-order chi connectivity index (χ0) is 16.1. The normalized spacial score (nSPS) is 11.0. The van der Waals surface area contributed by atoms with E-state index < -0.39 is 0 Å². The summed E-state index contributed by atoms with van der Waals surface area (Å²) in [7, 11) is 1.60. The summed E-state index contributed by atoms with van der Waals surface area (Å²) in [5.41, 5.74) is 3.25. The van der Waals surface area contributed by atoms with Crippen LogP contribution >= 0.6 is 0 Å². The molecule has 0 aliphatic heterocycles. The van der Waals surface area contributed by atoms with Gasteiger partial charge in [0.1, 0.15) is 0 Å². The van der Waals surface area contributed by atoms with Crippen LogP contribution in [0.4, 0.5) is 0 Å². The molecule has 0 saturated heterocycles. The minimum Gasteiger partial charge on any atom is -0.383 e. The first-order valence-corrected chi connectivity index (χ1v) is 7.34. The van der Waals surface area contributed by atoms with Crippen LogP contribution in [0.1, 0.15) is 41.5 Å². The van der Waals surface area contributed by atoms with Crippen LogP contribution in [-0.2, 0) is 4.74 Å². The highest BCUT2D eigenvalue weighted by Crippen LogP contribution is 2.21. The highest BCUT2D eigenvalue weighted by atomic mass is 16.5. The summed E-state index contributed by atoms with van der Waals surface area (Å²) in [5.74, 6) is -0.0985. The molecule has 2 rings (SSSR count). The summed E-state index contributed by atoms with van der Waals surface area (Å²) >= 11 is 0. The third-order valence-electron chi connectivity index (χ3n) is 3.34. The Kier molecular flexibility index (Phi) is 5.27. The maximum absolute atomic E-state index is 12.3. The predicted molar refractivity (Wildman–Crippen MR) is 84.4 cm³/mol. The summed E-state index contributed by atoms with van der Waals surface area (Å²) in [6.07, 6.45) is 0. The number of rotatable bonds is 6. The Hall–Kier alpha value is -2.21. The smallest absolute Gasteiger partial charge is 0.273 e. The summed E-state index contributed by atoms with van der Waals surface area (Å²) in [4.78, 5) is 12.3. The van der Waals surface area contributed by atoms with Crippen LogP contribution in [0.15, 0.2) is 24.3 Å². The summed E-state index contributed by atoms with van der Waals surface area (Å²) in [6.45, 7) is 6.99. The minimum absolute atomic E-state index is 0.125. The average Bonchev–Trinajstić information content (AvgIpc) is 2.93. The third kappa shape index (κ3) is 3.51. The van der Waals surface area contributed by atoms with Gasteiger partial charge in [-0.3, -0.25) is 4.79 Å². The number of aromatic nitrogens is 3. The van der Waals surface area contributed by atoms with Crippen molar-refractivity contribution in [3.8, 4) is 5.69 Å². The number of hydrogen-bond acceptors (Lipinski definition) is 4. The molecular formula is C16H22N4O2. The molecule has 6 nitrogen and oxygen atoms in total. The fourth-order valence-corrected chi connectivity index (χ4v) is 2.20. The maximum Gasteiger partial charge on any atom is 0.273 e. The number of nitrogens with one attached hydrogen (secondary N) is 1. The predicted octanol–water partition coefficient (Wildman–Crippen LogP) is 2.08. The number of hydrogen-bond donors (Lipinski definition) is 1. The first kappa shape index (κ1) is 16.2. The average molecular weight is 302 g/mol. The van der Waals surface area contributed by atoms with Gasteiger partial charge in [0.05, 0.1) is 18.0 Å². The van der Waals surface area contributed by atoms with E-state index in [0.717, 1.165) is 11.4 Å². The SMILES string of the molecule is COCCNC(=O)c1nnn(-c2ccc(C)cc2)c1C(C)C. The molecule has 22 heavy (non-hydrogen) atoms. The first-order chi connectivity index (χ1) is 10.5. The van der Waals surface area contributed by atoms with Crippen molar-refractivity contribution in [2.24, 2.45) is 0 Å². The van der Waals surface area contributed by atoms with Crippen LogP contribution in [0.5, 0.6) is 0 Å². The van der Waals surface area contributed by atoms with Crippen LogP contribution in [0.2, 0.25) is 0 Å². The van der Waals surface area contributed by atoms with Gasteiger partial charge in [-0.25, -0.2) is 4.68 Å². The second kappa shape index (κ2) is 7.17. The van der Waals surface area contributed by atoms with Gasteiger partial charge in [0.2, 0.25) is 0 Å². The molecule has 2 aromatic rings. The maximum atomic E-state index is 12.3. The van der Waals surface area contributed by atoms with E-state index in [2.05, 4.69) is 15.6 Å². The molecule has 0 spiro atoms. The molecule has 6 heteroatoms. The monoisotopic (exact) mass is 302 g/mol. The molecule has 1 aromatic carbocycles. The number of ether oxygens (including phenoxy) is 1. The fourth-order valence-electron chi connectivity index (χ4n) is 2.20. The van der Waals surface area contributed by atoms with Crippen molar-refractivity contribution in [2.45, 2.75) is 26.7 Å². The lowest BCUT2D eigenvalue weighted by molar-refractivity contribution is 0.0930. The standard InChI is InChI=1S/C16H22N4O2/c1-11(2)15-14(16(21)17-9-10-22-4)18-19-20(15)13-7-5-12(3)6-8-13/h5-8,11H,9-10H2,1-4H3,(H,17,21). The Morgan fingerprint density at radius 3 is 2.59 bits per heavy atom. The molecule has 0 atom stereocenters. The van der Waals surface area contributed by atoms with Gasteiger partial charge in [-0.15, -0.1) is 5.10 Å². The quantitative estimate of drug-likeness (QED) is 0.829. The molecule has 1 amide bonds. The van der Waals surface area contributed by atoms with Crippen molar-refractivity contribution >= 4 is 5.91 Å². The molecular weight excluding hydrogens is 280 g/mol. The van der Waals surface area contributed by atoms with Crippen molar-refractivity contribution in [3.05, 3.63) is 41.2 Å². The molecule has 1 N–H and O–H groups in total. The lowest BCUT2D eigenvalue weighted by Gasteiger charge is -2.11. The zero-order valence-electron chi connectivity index (χ0n) is 13.5. The van der Waals surface area contributed by atoms with E-state index in [0.29, 0.717) is 18.8 Å². The van der Waals surface area contributed by atoms with Gasteiger partial charge in [-0.05, 0) is 25.0 Å². The van der Waals surface area contributed by atoms with E-state index >= 15 is 0 Å². The minimum atomic E-state index is -0.223. The lowest BCUT2D eigenvalue weighted by atomic mass is 10.1. The van der Waals surface area contributed by atoms with Crippen LogP contribution in [0, 0.1) is 6.92 Å². The molecule has 1 heterocycles. The highest BCUT2D eigenvalue weighted by molar-refractivity contribution is 5.93. The molecule has 0 saturated carbocycles. The van der Waals surface area contributed by atoms with Gasteiger partial charge in [0, 0.05) is 13.7 Å². The molecule has 0 aliphatic rings. The molecule has 0 radical (unpaired) electrons. The van der Waals surface area contributed by atoms with E-state index in [1.807, 2.05) is 45.0 Å². The number of nitrogens with zero attached hydrogens (tertiary/aromatic N) is 3.